The molecule has 106 valence electrons. The van der Waals surface area contributed by atoms with E-state index in [0.29, 0.717) is 30.6 Å². The summed E-state index contributed by atoms with van der Waals surface area (Å²) in [6.07, 6.45) is 1.33. The molecule has 1 aromatic rings. The molecule has 0 fully saturated rings. The van der Waals surface area contributed by atoms with Crippen LogP contribution >= 0.6 is 0 Å². The first-order chi connectivity index (χ1) is 8.89. The van der Waals surface area contributed by atoms with Gasteiger partial charge in [-0.1, -0.05) is 20.8 Å². The van der Waals surface area contributed by atoms with Crippen molar-refractivity contribution in [3.63, 3.8) is 0 Å². The molecule has 0 unspecified atom stereocenters. The van der Waals surface area contributed by atoms with Gasteiger partial charge in [0, 0.05) is 13.2 Å². The minimum absolute atomic E-state index is 0.119. The van der Waals surface area contributed by atoms with Crippen molar-refractivity contribution >= 4 is 5.91 Å². The van der Waals surface area contributed by atoms with Gasteiger partial charge in [0.15, 0.2) is 0 Å². The molecule has 0 saturated carbocycles. The molecular weight excluding hydrogens is 242 g/mol. The Morgan fingerprint density at radius 2 is 2.11 bits per heavy atom. The largest absolute Gasteiger partial charge is 0.396 e. The maximum atomic E-state index is 12.2. The molecule has 0 aromatic carbocycles. The van der Waals surface area contributed by atoms with Crippen LogP contribution in [0.25, 0.3) is 0 Å². The van der Waals surface area contributed by atoms with Gasteiger partial charge in [0.25, 0.3) is 5.91 Å². The van der Waals surface area contributed by atoms with Crippen LogP contribution in [0, 0.1) is 12.3 Å². The van der Waals surface area contributed by atoms with E-state index in [-0.39, 0.29) is 17.9 Å². The molecule has 0 spiro atoms. The molecule has 0 aliphatic rings. The highest BCUT2D eigenvalue weighted by Crippen LogP contribution is 2.18. The average Bonchev–Trinajstić information content (AvgIpc) is 2.36. The molecule has 0 aliphatic carbocycles. The Kier molecular flexibility index (Phi) is 5.42. The zero-order valence-corrected chi connectivity index (χ0v) is 12.2. The van der Waals surface area contributed by atoms with Crippen LogP contribution in [0.5, 0.6) is 0 Å². The molecule has 0 saturated heterocycles. The summed E-state index contributed by atoms with van der Waals surface area (Å²) in [5, 5.41) is 19.9. The Morgan fingerprint density at radius 3 is 2.68 bits per heavy atom. The SMILES string of the molecule is CCc1nnc(C)cc1C(=O)NCC(C)(C)CCO. The molecule has 1 aromatic heterocycles. The van der Waals surface area contributed by atoms with E-state index in [2.05, 4.69) is 15.5 Å². The standard InChI is InChI=1S/C14H23N3O2/c1-5-12-11(8-10(2)16-17-12)13(19)15-9-14(3,4)6-7-18/h8,18H,5-7,9H2,1-4H3,(H,15,19). The van der Waals surface area contributed by atoms with Crippen LogP contribution in [0.2, 0.25) is 0 Å². The van der Waals surface area contributed by atoms with E-state index in [0.717, 1.165) is 5.69 Å². The Morgan fingerprint density at radius 1 is 1.42 bits per heavy atom. The van der Waals surface area contributed by atoms with Crippen molar-refractivity contribution in [1.82, 2.24) is 15.5 Å². The third kappa shape index (κ3) is 4.59. The van der Waals surface area contributed by atoms with Crippen LogP contribution in [-0.4, -0.2) is 34.4 Å². The van der Waals surface area contributed by atoms with Gasteiger partial charge in [0.1, 0.15) is 0 Å². The number of nitrogens with zero attached hydrogens (tertiary/aromatic N) is 2. The lowest BCUT2D eigenvalue weighted by molar-refractivity contribution is 0.0926. The summed E-state index contributed by atoms with van der Waals surface area (Å²) in [5.74, 6) is -0.124. The van der Waals surface area contributed by atoms with Gasteiger partial charge in [-0.15, -0.1) is 0 Å². The smallest absolute Gasteiger partial charge is 0.253 e. The first-order valence-corrected chi connectivity index (χ1v) is 6.62. The maximum Gasteiger partial charge on any atom is 0.253 e. The molecule has 0 aliphatic heterocycles. The second-order valence-electron chi connectivity index (χ2n) is 5.52. The summed E-state index contributed by atoms with van der Waals surface area (Å²) in [4.78, 5) is 12.2. The summed E-state index contributed by atoms with van der Waals surface area (Å²) >= 11 is 0. The van der Waals surface area contributed by atoms with Gasteiger partial charge in [0.2, 0.25) is 0 Å². The fourth-order valence-corrected chi connectivity index (χ4v) is 1.78. The van der Waals surface area contributed by atoms with Crippen molar-refractivity contribution in [2.45, 2.75) is 40.5 Å². The van der Waals surface area contributed by atoms with Crippen LogP contribution in [0.1, 0.15) is 48.9 Å². The summed E-state index contributed by atoms with van der Waals surface area (Å²) in [6.45, 7) is 8.45. The van der Waals surface area contributed by atoms with Crippen molar-refractivity contribution in [3.8, 4) is 0 Å². The van der Waals surface area contributed by atoms with Crippen LogP contribution in [0.3, 0.4) is 0 Å². The normalized spacial score (nSPS) is 11.4. The van der Waals surface area contributed by atoms with Gasteiger partial charge in [-0.05, 0) is 31.2 Å². The van der Waals surface area contributed by atoms with Gasteiger partial charge in [0.05, 0.1) is 17.0 Å². The number of carbonyl (C=O) groups is 1. The predicted octanol–water partition coefficient (Wildman–Crippen LogP) is 1.49. The lowest BCUT2D eigenvalue weighted by atomic mass is 9.89. The van der Waals surface area contributed by atoms with Crippen LogP contribution in [0.15, 0.2) is 6.07 Å². The Labute approximate surface area is 114 Å². The number of aromatic nitrogens is 2. The molecule has 1 heterocycles. The highest BCUT2D eigenvalue weighted by atomic mass is 16.3. The first kappa shape index (κ1) is 15.6. The van der Waals surface area contributed by atoms with Crippen molar-refractivity contribution in [2.75, 3.05) is 13.2 Å². The lowest BCUT2D eigenvalue weighted by Crippen LogP contribution is -2.35. The molecule has 5 nitrogen and oxygen atoms in total. The van der Waals surface area contributed by atoms with E-state index in [9.17, 15) is 4.79 Å². The number of hydrogen-bond acceptors (Lipinski definition) is 4. The van der Waals surface area contributed by atoms with E-state index >= 15 is 0 Å². The van der Waals surface area contributed by atoms with E-state index < -0.39 is 0 Å². The van der Waals surface area contributed by atoms with Crippen LogP contribution in [0.4, 0.5) is 0 Å². The third-order valence-electron chi connectivity index (χ3n) is 3.09. The zero-order chi connectivity index (χ0) is 14.5. The maximum absolute atomic E-state index is 12.2. The monoisotopic (exact) mass is 265 g/mol. The number of rotatable bonds is 6. The Bertz CT molecular complexity index is 444. The highest BCUT2D eigenvalue weighted by molar-refractivity contribution is 5.95. The van der Waals surface area contributed by atoms with E-state index in [1.54, 1.807) is 6.07 Å². The summed E-state index contributed by atoms with van der Waals surface area (Å²) < 4.78 is 0. The number of nitrogens with one attached hydrogen (secondary N) is 1. The second-order valence-corrected chi connectivity index (χ2v) is 5.52. The lowest BCUT2D eigenvalue weighted by Gasteiger charge is -2.24. The zero-order valence-electron chi connectivity index (χ0n) is 12.2. The number of aliphatic hydroxyl groups excluding tert-OH is 1. The second kappa shape index (κ2) is 6.61. The number of carbonyl (C=O) groups excluding carboxylic acids is 1. The minimum atomic E-state index is -0.124. The number of aryl methyl sites for hydroxylation is 2. The summed E-state index contributed by atoms with van der Waals surface area (Å²) in [5.41, 5.74) is 1.92. The van der Waals surface area contributed by atoms with Gasteiger partial charge >= 0.3 is 0 Å². The Hall–Kier alpha value is -1.49. The van der Waals surface area contributed by atoms with Gasteiger partial charge in [-0.25, -0.2) is 0 Å². The predicted molar refractivity (Wildman–Crippen MR) is 74.0 cm³/mol. The highest BCUT2D eigenvalue weighted by Gasteiger charge is 2.20. The van der Waals surface area contributed by atoms with Crippen molar-refractivity contribution in [2.24, 2.45) is 5.41 Å². The first-order valence-electron chi connectivity index (χ1n) is 6.62. The Balaban J connectivity index is 2.76. The van der Waals surface area contributed by atoms with E-state index in [1.165, 1.54) is 0 Å². The van der Waals surface area contributed by atoms with E-state index in [4.69, 9.17) is 5.11 Å². The molecule has 5 heteroatoms. The number of amides is 1. The number of aliphatic hydroxyl groups is 1. The molecule has 2 N–H and O–H groups in total. The number of hydrogen-bond donors (Lipinski definition) is 2. The topological polar surface area (TPSA) is 75.1 Å². The quantitative estimate of drug-likeness (QED) is 0.817. The van der Waals surface area contributed by atoms with Gasteiger partial charge in [-0.2, -0.15) is 10.2 Å². The van der Waals surface area contributed by atoms with Crippen molar-refractivity contribution in [1.29, 1.82) is 0 Å². The molecule has 1 amide bonds. The van der Waals surface area contributed by atoms with Crippen molar-refractivity contribution in [3.05, 3.63) is 23.0 Å². The van der Waals surface area contributed by atoms with E-state index in [1.807, 2.05) is 27.7 Å². The van der Waals surface area contributed by atoms with Gasteiger partial charge in [-0.3, -0.25) is 4.79 Å². The van der Waals surface area contributed by atoms with Crippen molar-refractivity contribution < 1.29 is 9.90 Å². The fourth-order valence-electron chi connectivity index (χ4n) is 1.78. The minimum Gasteiger partial charge on any atom is -0.396 e. The summed E-state index contributed by atoms with van der Waals surface area (Å²) in [6, 6.07) is 1.76. The molecular formula is C14H23N3O2. The van der Waals surface area contributed by atoms with Crippen LogP contribution < -0.4 is 5.32 Å². The molecule has 1 rings (SSSR count). The van der Waals surface area contributed by atoms with Gasteiger partial charge < -0.3 is 10.4 Å². The molecule has 0 bridgehead atoms. The third-order valence-corrected chi connectivity index (χ3v) is 3.09. The molecule has 0 atom stereocenters. The fraction of sp³-hybridized carbons (Fsp3) is 0.643. The molecule has 0 radical (unpaired) electrons. The molecule has 19 heavy (non-hydrogen) atoms. The summed E-state index contributed by atoms with van der Waals surface area (Å²) in [7, 11) is 0. The van der Waals surface area contributed by atoms with Crippen LogP contribution in [-0.2, 0) is 6.42 Å². The average molecular weight is 265 g/mol.